The molecule has 158 valence electrons. The van der Waals surface area contributed by atoms with Crippen LogP contribution in [0, 0.1) is 0 Å². The molecule has 4 aromatic rings. The van der Waals surface area contributed by atoms with Gasteiger partial charge in [-0.2, -0.15) is 10.1 Å². The van der Waals surface area contributed by atoms with Crippen LogP contribution < -0.4 is 15.0 Å². The molecule has 0 unspecified atom stereocenters. The van der Waals surface area contributed by atoms with Crippen LogP contribution in [-0.4, -0.2) is 34.1 Å². The van der Waals surface area contributed by atoms with Gasteiger partial charge in [-0.15, -0.1) is 0 Å². The maximum atomic E-state index is 12.3. The second-order valence-electron chi connectivity index (χ2n) is 6.84. The third kappa shape index (κ3) is 4.32. The largest absolute Gasteiger partial charge is 0.497 e. The summed E-state index contributed by atoms with van der Waals surface area (Å²) in [5.74, 6) is 1.83. The Balaban J connectivity index is 1.61. The Labute approximate surface area is 179 Å². The summed E-state index contributed by atoms with van der Waals surface area (Å²) in [5.41, 5.74) is 3.27. The Bertz CT molecular complexity index is 1250. The van der Waals surface area contributed by atoms with Gasteiger partial charge in [0, 0.05) is 17.7 Å². The van der Waals surface area contributed by atoms with E-state index in [9.17, 15) is 4.79 Å². The van der Waals surface area contributed by atoms with E-state index in [2.05, 4.69) is 34.3 Å². The zero-order valence-corrected chi connectivity index (χ0v) is 17.5. The molecule has 2 heterocycles. The van der Waals surface area contributed by atoms with E-state index in [1.165, 1.54) is 16.3 Å². The highest BCUT2D eigenvalue weighted by Crippen LogP contribution is 2.31. The van der Waals surface area contributed by atoms with Crippen molar-refractivity contribution in [3.8, 4) is 34.1 Å². The van der Waals surface area contributed by atoms with Gasteiger partial charge in [0.1, 0.15) is 18.0 Å². The van der Waals surface area contributed by atoms with Crippen molar-refractivity contribution in [2.24, 2.45) is 0 Å². The van der Waals surface area contributed by atoms with E-state index in [4.69, 9.17) is 14.0 Å². The maximum Gasteiger partial charge on any atom is 0.267 e. The molecule has 0 N–H and O–H groups in total. The van der Waals surface area contributed by atoms with Crippen LogP contribution in [0.2, 0.25) is 0 Å². The highest BCUT2D eigenvalue weighted by molar-refractivity contribution is 5.65. The summed E-state index contributed by atoms with van der Waals surface area (Å²) >= 11 is 0. The Morgan fingerprint density at radius 2 is 1.81 bits per heavy atom. The normalized spacial score (nSPS) is 10.8. The van der Waals surface area contributed by atoms with Gasteiger partial charge in [0.15, 0.2) is 0 Å². The molecule has 8 heteroatoms. The van der Waals surface area contributed by atoms with Gasteiger partial charge in [0.2, 0.25) is 11.7 Å². The summed E-state index contributed by atoms with van der Waals surface area (Å²) in [6.45, 7) is 2.17. The lowest BCUT2D eigenvalue weighted by Crippen LogP contribution is -2.23. The molecule has 4 rings (SSSR count). The molecular formula is C23H22N4O4. The molecule has 0 amide bonds. The first-order valence-electron chi connectivity index (χ1n) is 9.83. The molecule has 0 aliphatic heterocycles. The lowest BCUT2D eigenvalue weighted by Gasteiger charge is -2.07. The van der Waals surface area contributed by atoms with E-state index in [0.717, 1.165) is 12.0 Å². The molecule has 0 fully saturated rings. The fraction of sp³-hybridized carbons (Fsp3) is 0.217. The number of benzene rings is 2. The average Bonchev–Trinajstić information content (AvgIpc) is 3.28. The Morgan fingerprint density at radius 3 is 2.52 bits per heavy atom. The van der Waals surface area contributed by atoms with Crippen LogP contribution in [0.1, 0.15) is 18.4 Å². The van der Waals surface area contributed by atoms with E-state index < -0.39 is 0 Å². The van der Waals surface area contributed by atoms with Crippen LogP contribution in [0.25, 0.3) is 22.6 Å². The van der Waals surface area contributed by atoms with Crippen molar-refractivity contribution in [3.05, 3.63) is 76.4 Å². The van der Waals surface area contributed by atoms with E-state index in [1.807, 2.05) is 12.1 Å². The predicted octanol–water partition coefficient (Wildman–Crippen LogP) is 3.59. The summed E-state index contributed by atoms with van der Waals surface area (Å²) in [6, 6.07) is 16.6. The monoisotopic (exact) mass is 418 g/mol. The van der Waals surface area contributed by atoms with Gasteiger partial charge in [0.25, 0.3) is 5.56 Å². The van der Waals surface area contributed by atoms with Crippen LogP contribution in [0.5, 0.6) is 11.5 Å². The standard InChI is InChI=1S/C23H22N4O4/c1-4-15-5-7-16(8-6-15)19-11-12-22(28)27(25-19)14-21-24-23(26-31-21)18-10-9-17(29-2)13-20(18)30-3/h5-13H,4,14H2,1-3H3. The maximum absolute atomic E-state index is 12.3. The number of aryl methyl sites for hydroxylation is 1. The number of hydrogen-bond acceptors (Lipinski definition) is 7. The number of rotatable bonds is 7. The van der Waals surface area contributed by atoms with E-state index in [1.54, 1.807) is 38.5 Å². The van der Waals surface area contributed by atoms with Gasteiger partial charge in [-0.3, -0.25) is 4.79 Å². The first-order valence-corrected chi connectivity index (χ1v) is 9.83. The number of aromatic nitrogens is 4. The van der Waals surface area contributed by atoms with Crippen LogP contribution in [-0.2, 0) is 13.0 Å². The Morgan fingerprint density at radius 1 is 1.00 bits per heavy atom. The summed E-state index contributed by atoms with van der Waals surface area (Å²) in [6.07, 6.45) is 0.964. The summed E-state index contributed by atoms with van der Waals surface area (Å²) in [7, 11) is 3.14. The molecule has 0 bridgehead atoms. The summed E-state index contributed by atoms with van der Waals surface area (Å²) in [4.78, 5) is 16.7. The van der Waals surface area contributed by atoms with Crippen molar-refractivity contribution < 1.29 is 14.0 Å². The average molecular weight is 418 g/mol. The number of nitrogens with zero attached hydrogens (tertiary/aromatic N) is 4. The third-order valence-corrected chi connectivity index (χ3v) is 4.93. The predicted molar refractivity (Wildman–Crippen MR) is 115 cm³/mol. The van der Waals surface area contributed by atoms with Crippen LogP contribution >= 0.6 is 0 Å². The topological polar surface area (TPSA) is 92.3 Å². The smallest absolute Gasteiger partial charge is 0.267 e. The van der Waals surface area contributed by atoms with Crippen molar-refractivity contribution in [1.29, 1.82) is 0 Å². The molecule has 0 spiro atoms. The molecule has 2 aromatic heterocycles. The Kier molecular flexibility index (Phi) is 5.79. The minimum Gasteiger partial charge on any atom is -0.497 e. The van der Waals surface area contributed by atoms with Gasteiger partial charge in [-0.05, 0) is 30.2 Å². The van der Waals surface area contributed by atoms with Gasteiger partial charge >= 0.3 is 0 Å². The molecule has 0 saturated heterocycles. The molecule has 2 aromatic carbocycles. The number of hydrogen-bond donors (Lipinski definition) is 0. The zero-order chi connectivity index (χ0) is 21.8. The van der Waals surface area contributed by atoms with E-state index >= 15 is 0 Å². The van der Waals surface area contributed by atoms with E-state index in [-0.39, 0.29) is 18.0 Å². The van der Waals surface area contributed by atoms with Gasteiger partial charge in [0.05, 0.1) is 25.5 Å². The van der Waals surface area contributed by atoms with Crippen molar-refractivity contribution in [2.45, 2.75) is 19.9 Å². The van der Waals surface area contributed by atoms with Crippen molar-refractivity contribution >= 4 is 0 Å². The minimum atomic E-state index is -0.254. The van der Waals surface area contributed by atoms with Crippen LogP contribution in [0.3, 0.4) is 0 Å². The molecule has 0 radical (unpaired) electrons. The third-order valence-electron chi connectivity index (χ3n) is 4.93. The van der Waals surface area contributed by atoms with E-state index in [0.29, 0.717) is 28.6 Å². The highest BCUT2D eigenvalue weighted by Gasteiger charge is 2.15. The zero-order valence-electron chi connectivity index (χ0n) is 17.5. The first kappa shape index (κ1) is 20.3. The Hall–Kier alpha value is -3.94. The quantitative estimate of drug-likeness (QED) is 0.453. The lowest BCUT2D eigenvalue weighted by atomic mass is 10.1. The van der Waals surface area contributed by atoms with Crippen LogP contribution in [0.4, 0.5) is 0 Å². The van der Waals surface area contributed by atoms with Gasteiger partial charge < -0.3 is 14.0 Å². The first-order chi connectivity index (χ1) is 15.1. The van der Waals surface area contributed by atoms with Crippen LogP contribution in [0.15, 0.2) is 63.9 Å². The molecule has 0 aliphatic rings. The lowest BCUT2D eigenvalue weighted by molar-refractivity contribution is 0.363. The summed E-state index contributed by atoms with van der Waals surface area (Å²) < 4.78 is 17.3. The fourth-order valence-electron chi connectivity index (χ4n) is 3.17. The molecule has 0 aliphatic carbocycles. The van der Waals surface area contributed by atoms with Crippen molar-refractivity contribution in [2.75, 3.05) is 14.2 Å². The SMILES string of the molecule is CCc1ccc(-c2ccc(=O)n(Cc3nc(-c4ccc(OC)cc4OC)no3)n2)cc1. The second-order valence-corrected chi connectivity index (χ2v) is 6.84. The van der Waals surface area contributed by atoms with Crippen molar-refractivity contribution in [3.63, 3.8) is 0 Å². The minimum absolute atomic E-state index is 0.0607. The van der Waals surface area contributed by atoms with Gasteiger partial charge in [-0.1, -0.05) is 36.3 Å². The molecule has 0 atom stereocenters. The second kappa shape index (κ2) is 8.83. The highest BCUT2D eigenvalue weighted by atomic mass is 16.5. The molecule has 0 saturated carbocycles. The van der Waals surface area contributed by atoms with Gasteiger partial charge in [-0.25, -0.2) is 4.68 Å². The molecule has 8 nitrogen and oxygen atoms in total. The summed E-state index contributed by atoms with van der Waals surface area (Å²) in [5, 5.41) is 8.49. The molecular weight excluding hydrogens is 396 g/mol. The number of methoxy groups -OCH3 is 2. The number of ether oxygens (including phenoxy) is 2. The van der Waals surface area contributed by atoms with Crippen molar-refractivity contribution in [1.82, 2.24) is 19.9 Å². The molecule has 31 heavy (non-hydrogen) atoms. The fourth-order valence-corrected chi connectivity index (χ4v) is 3.17.